The Kier molecular flexibility index (Phi) is 4.04. The van der Waals surface area contributed by atoms with Gasteiger partial charge >= 0.3 is 0 Å². The van der Waals surface area contributed by atoms with Gasteiger partial charge in [-0.3, -0.25) is 4.90 Å². The van der Waals surface area contributed by atoms with Crippen molar-refractivity contribution in [2.24, 2.45) is 0 Å². The smallest absolute Gasteiger partial charge is 0.0503 e. The van der Waals surface area contributed by atoms with Crippen LogP contribution in [0.5, 0.6) is 0 Å². The van der Waals surface area contributed by atoms with Crippen molar-refractivity contribution in [3.8, 4) is 0 Å². The van der Waals surface area contributed by atoms with Crippen LogP contribution in [-0.2, 0) is 11.2 Å². The van der Waals surface area contributed by atoms with Crippen molar-refractivity contribution in [2.75, 3.05) is 44.8 Å². The van der Waals surface area contributed by atoms with Crippen LogP contribution in [-0.4, -0.2) is 50.8 Å². The van der Waals surface area contributed by atoms with E-state index in [9.17, 15) is 0 Å². The molecule has 1 atom stereocenters. The van der Waals surface area contributed by atoms with Crippen LogP contribution in [0.1, 0.15) is 18.4 Å². The first-order chi connectivity index (χ1) is 9.38. The maximum absolute atomic E-state index is 5.23. The normalized spacial score (nSPS) is 23.6. The number of nitrogens with zero attached hydrogens (tertiary/aromatic N) is 2. The molecule has 0 amide bonds. The second kappa shape index (κ2) is 5.93. The first kappa shape index (κ1) is 12.9. The minimum atomic E-state index is 0.782. The number of fused-ring (bicyclic) bond motifs is 1. The number of para-hydroxylation sites is 1. The summed E-state index contributed by atoms with van der Waals surface area (Å²) >= 11 is 0. The van der Waals surface area contributed by atoms with Crippen LogP contribution in [0.4, 0.5) is 5.69 Å². The third kappa shape index (κ3) is 2.77. The molecule has 1 aromatic carbocycles. The molecule has 2 fully saturated rings. The molecular weight excluding hydrogens is 236 g/mol. The standard InChI is InChI=1S/C16H24N2O/c1-19-12-8-14-5-2-3-7-16(14)18-11-10-17-9-4-6-15(17)13-18/h2-3,5,7,15H,4,6,8-13H2,1H3. The van der Waals surface area contributed by atoms with Gasteiger partial charge in [0.2, 0.25) is 0 Å². The molecule has 19 heavy (non-hydrogen) atoms. The van der Waals surface area contributed by atoms with Crippen LogP contribution in [0.15, 0.2) is 24.3 Å². The van der Waals surface area contributed by atoms with Gasteiger partial charge in [-0.25, -0.2) is 0 Å². The SMILES string of the molecule is COCCc1ccccc1N1CCN2CCCC2C1. The van der Waals surface area contributed by atoms with Crippen LogP contribution in [0, 0.1) is 0 Å². The predicted octanol–water partition coefficient (Wildman–Crippen LogP) is 2.16. The molecule has 2 saturated heterocycles. The Morgan fingerprint density at radius 3 is 3.00 bits per heavy atom. The number of benzene rings is 1. The molecule has 2 heterocycles. The molecule has 0 N–H and O–H groups in total. The van der Waals surface area contributed by atoms with E-state index in [1.807, 2.05) is 0 Å². The largest absolute Gasteiger partial charge is 0.384 e. The van der Waals surface area contributed by atoms with E-state index in [-0.39, 0.29) is 0 Å². The van der Waals surface area contributed by atoms with Gasteiger partial charge < -0.3 is 9.64 Å². The number of hydrogen-bond donors (Lipinski definition) is 0. The summed E-state index contributed by atoms with van der Waals surface area (Å²) in [7, 11) is 1.78. The lowest BCUT2D eigenvalue weighted by molar-refractivity contribution is 0.202. The third-order valence-corrected chi connectivity index (χ3v) is 4.50. The fraction of sp³-hybridized carbons (Fsp3) is 0.625. The summed E-state index contributed by atoms with van der Waals surface area (Å²) in [5.41, 5.74) is 2.85. The molecule has 2 aliphatic rings. The Morgan fingerprint density at radius 2 is 2.11 bits per heavy atom. The first-order valence-corrected chi connectivity index (χ1v) is 7.44. The van der Waals surface area contributed by atoms with Gasteiger partial charge in [0.1, 0.15) is 0 Å². The summed E-state index contributed by atoms with van der Waals surface area (Å²) in [5.74, 6) is 0. The molecule has 2 aliphatic heterocycles. The molecule has 0 bridgehead atoms. The van der Waals surface area contributed by atoms with Crippen LogP contribution in [0.3, 0.4) is 0 Å². The second-order valence-corrected chi connectivity index (χ2v) is 5.65. The Bertz CT molecular complexity index is 421. The first-order valence-electron chi connectivity index (χ1n) is 7.44. The monoisotopic (exact) mass is 260 g/mol. The molecule has 104 valence electrons. The van der Waals surface area contributed by atoms with Gasteiger partial charge in [0.25, 0.3) is 0 Å². The van der Waals surface area contributed by atoms with Crippen molar-refractivity contribution in [1.29, 1.82) is 0 Å². The highest BCUT2D eigenvalue weighted by Crippen LogP contribution is 2.27. The molecule has 0 aromatic heterocycles. The van der Waals surface area contributed by atoms with Crippen LogP contribution < -0.4 is 4.90 Å². The van der Waals surface area contributed by atoms with Gasteiger partial charge in [0.05, 0.1) is 6.61 Å². The fourth-order valence-electron chi connectivity index (χ4n) is 3.45. The zero-order valence-electron chi connectivity index (χ0n) is 11.8. The molecule has 3 nitrogen and oxygen atoms in total. The summed E-state index contributed by atoms with van der Waals surface area (Å²) in [6.07, 6.45) is 3.76. The van der Waals surface area contributed by atoms with Crippen molar-refractivity contribution < 1.29 is 4.74 Å². The predicted molar refractivity (Wildman–Crippen MR) is 78.8 cm³/mol. The maximum Gasteiger partial charge on any atom is 0.0503 e. The molecule has 3 heteroatoms. The lowest BCUT2D eigenvalue weighted by Gasteiger charge is -2.39. The minimum absolute atomic E-state index is 0.782. The average molecular weight is 260 g/mol. The molecule has 1 unspecified atom stereocenters. The van der Waals surface area contributed by atoms with E-state index < -0.39 is 0 Å². The summed E-state index contributed by atoms with van der Waals surface area (Å²) in [5, 5.41) is 0. The summed E-state index contributed by atoms with van der Waals surface area (Å²) < 4.78 is 5.23. The quantitative estimate of drug-likeness (QED) is 0.825. The summed E-state index contributed by atoms with van der Waals surface area (Å²) in [6.45, 7) is 5.71. The lowest BCUT2D eigenvalue weighted by Crippen LogP contribution is -2.50. The molecule has 0 spiro atoms. The van der Waals surface area contributed by atoms with Gasteiger partial charge in [-0.05, 0) is 37.4 Å². The topological polar surface area (TPSA) is 15.7 Å². The molecule has 3 rings (SSSR count). The number of hydrogen-bond acceptors (Lipinski definition) is 3. The van der Waals surface area contributed by atoms with Crippen LogP contribution >= 0.6 is 0 Å². The second-order valence-electron chi connectivity index (χ2n) is 5.65. The van der Waals surface area contributed by atoms with E-state index in [1.54, 1.807) is 7.11 Å². The molecule has 0 radical (unpaired) electrons. The lowest BCUT2D eigenvalue weighted by atomic mass is 10.1. The van der Waals surface area contributed by atoms with Crippen molar-refractivity contribution >= 4 is 5.69 Å². The molecule has 0 saturated carbocycles. The van der Waals surface area contributed by atoms with Gasteiger partial charge in [0.15, 0.2) is 0 Å². The van der Waals surface area contributed by atoms with Crippen molar-refractivity contribution in [3.63, 3.8) is 0 Å². The number of piperazine rings is 1. The average Bonchev–Trinajstić information content (AvgIpc) is 2.92. The van der Waals surface area contributed by atoms with E-state index in [0.29, 0.717) is 0 Å². The highest BCUT2D eigenvalue weighted by atomic mass is 16.5. The molecule has 0 aliphatic carbocycles. The Hall–Kier alpha value is -1.06. The Morgan fingerprint density at radius 1 is 1.21 bits per heavy atom. The van der Waals surface area contributed by atoms with E-state index in [4.69, 9.17) is 4.74 Å². The zero-order chi connectivity index (χ0) is 13.1. The van der Waals surface area contributed by atoms with Crippen LogP contribution in [0.2, 0.25) is 0 Å². The zero-order valence-corrected chi connectivity index (χ0v) is 11.8. The maximum atomic E-state index is 5.23. The van der Waals surface area contributed by atoms with E-state index in [0.717, 1.165) is 19.1 Å². The van der Waals surface area contributed by atoms with E-state index >= 15 is 0 Å². The minimum Gasteiger partial charge on any atom is -0.384 e. The van der Waals surface area contributed by atoms with Gasteiger partial charge in [-0.2, -0.15) is 0 Å². The van der Waals surface area contributed by atoms with E-state index in [1.165, 1.54) is 50.3 Å². The number of ether oxygens (including phenoxy) is 1. The van der Waals surface area contributed by atoms with E-state index in [2.05, 4.69) is 34.1 Å². The van der Waals surface area contributed by atoms with Crippen molar-refractivity contribution in [3.05, 3.63) is 29.8 Å². The highest BCUT2D eigenvalue weighted by molar-refractivity contribution is 5.54. The number of anilines is 1. The highest BCUT2D eigenvalue weighted by Gasteiger charge is 2.30. The number of rotatable bonds is 4. The van der Waals surface area contributed by atoms with Gasteiger partial charge in [-0.15, -0.1) is 0 Å². The third-order valence-electron chi connectivity index (χ3n) is 4.50. The number of methoxy groups -OCH3 is 1. The molecular formula is C16H24N2O. The Balaban J connectivity index is 1.74. The molecule has 1 aromatic rings. The Labute approximate surface area is 116 Å². The fourth-order valence-corrected chi connectivity index (χ4v) is 3.45. The van der Waals surface area contributed by atoms with Gasteiger partial charge in [-0.1, -0.05) is 18.2 Å². The van der Waals surface area contributed by atoms with Gasteiger partial charge in [0, 0.05) is 38.5 Å². The van der Waals surface area contributed by atoms with Crippen molar-refractivity contribution in [2.45, 2.75) is 25.3 Å². The van der Waals surface area contributed by atoms with Crippen molar-refractivity contribution in [1.82, 2.24) is 4.90 Å². The summed E-state index contributed by atoms with van der Waals surface area (Å²) in [4.78, 5) is 5.24. The van der Waals surface area contributed by atoms with Crippen LogP contribution in [0.25, 0.3) is 0 Å². The summed E-state index contributed by atoms with van der Waals surface area (Å²) in [6, 6.07) is 9.60.